The molecule has 0 atom stereocenters. The Morgan fingerprint density at radius 2 is 1.66 bits per heavy atom. The molecule has 4 rings (SSSR count). The maximum absolute atomic E-state index is 13.0. The molecule has 1 aliphatic rings. The standard InChI is InChI=1S/C20H19F3N6O2S/c21-20(22,23)15-4-3-5-16(12-15)32(30,31)29-10-8-28(9-11-29)19-13-18(25-14-26-19)27-17-6-1-2-7-24-17/h1-7,12-14H,8-11H2,(H,24,25,26,27). The van der Waals surface area contributed by atoms with Crippen LogP contribution in [0.15, 0.2) is 66.0 Å². The Morgan fingerprint density at radius 3 is 2.34 bits per heavy atom. The molecule has 1 aliphatic heterocycles. The van der Waals surface area contributed by atoms with Gasteiger partial charge in [0.15, 0.2) is 0 Å². The van der Waals surface area contributed by atoms with E-state index in [-0.39, 0.29) is 18.0 Å². The topological polar surface area (TPSA) is 91.3 Å². The minimum atomic E-state index is -4.61. The molecule has 2 aromatic heterocycles. The van der Waals surface area contributed by atoms with E-state index in [0.717, 1.165) is 12.1 Å². The zero-order valence-electron chi connectivity index (χ0n) is 16.7. The van der Waals surface area contributed by atoms with Crippen molar-refractivity contribution in [3.8, 4) is 0 Å². The van der Waals surface area contributed by atoms with Gasteiger partial charge in [0, 0.05) is 38.4 Å². The molecule has 1 fully saturated rings. The molecule has 168 valence electrons. The molecule has 0 amide bonds. The highest BCUT2D eigenvalue weighted by molar-refractivity contribution is 7.89. The normalized spacial score (nSPS) is 15.5. The van der Waals surface area contributed by atoms with Gasteiger partial charge in [-0.2, -0.15) is 17.5 Å². The third-order valence-electron chi connectivity index (χ3n) is 4.94. The third-order valence-corrected chi connectivity index (χ3v) is 6.83. The molecule has 0 saturated carbocycles. The summed E-state index contributed by atoms with van der Waals surface area (Å²) in [6, 6.07) is 10.9. The Morgan fingerprint density at radius 1 is 0.875 bits per heavy atom. The summed E-state index contributed by atoms with van der Waals surface area (Å²) in [7, 11) is -4.05. The van der Waals surface area contributed by atoms with Crippen LogP contribution >= 0.6 is 0 Å². The zero-order chi connectivity index (χ0) is 22.8. The van der Waals surface area contributed by atoms with Gasteiger partial charge in [-0.05, 0) is 30.3 Å². The quantitative estimate of drug-likeness (QED) is 0.620. The summed E-state index contributed by atoms with van der Waals surface area (Å²) in [5.41, 5.74) is -0.994. The van der Waals surface area contributed by atoms with Crippen molar-refractivity contribution in [2.75, 3.05) is 36.4 Å². The number of alkyl halides is 3. The highest BCUT2D eigenvalue weighted by atomic mass is 32.2. The van der Waals surface area contributed by atoms with Gasteiger partial charge in [-0.3, -0.25) is 0 Å². The monoisotopic (exact) mass is 464 g/mol. The summed E-state index contributed by atoms with van der Waals surface area (Å²) in [5.74, 6) is 1.76. The van der Waals surface area contributed by atoms with Crippen LogP contribution in [-0.4, -0.2) is 53.9 Å². The second-order valence-electron chi connectivity index (χ2n) is 7.02. The predicted octanol–water partition coefficient (Wildman–Crippen LogP) is 3.14. The molecule has 12 heteroatoms. The number of benzene rings is 1. The molecule has 0 radical (unpaired) electrons. The molecular formula is C20H19F3N6O2S. The number of hydrogen-bond donors (Lipinski definition) is 1. The number of hydrogen-bond acceptors (Lipinski definition) is 7. The Balaban J connectivity index is 1.45. The highest BCUT2D eigenvalue weighted by Gasteiger charge is 2.34. The van der Waals surface area contributed by atoms with Crippen LogP contribution in [0.2, 0.25) is 0 Å². The van der Waals surface area contributed by atoms with Crippen LogP contribution in [0.25, 0.3) is 0 Å². The van der Waals surface area contributed by atoms with Gasteiger partial charge in [-0.25, -0.2) is 23.4 Å². The molecular weight excluding hydrogens is 445 g/mol. The lowest BCUT2D eigenvalue weighted by atomic mass is 10.2. The first-order valence-corrected chi connectivity index (χ1v) is 11.1. The second kappa shape index (κ2) is 8.71. The molecule has 1 aromatic carbocycles. The number of nitrogens with zero attached hydrogens (tertiary/aromatic N) is 5. The Labute approximate surface area is 182 Å². The van der Waals surface area contributed by atoms with E-state index >= 15 is 0 Å². The summed E-state index contributed by atoms with van der Waals surface area (Å²) in [6.45, 7) is 0.896. The van der Waals surface area contributed by atoms with Gasteiger partial charge in [0.05, 0.1) is 10.5 Å². The van der Waals surface area contributed by atoms with E-state index in [2.05, 4.69) is 20.3 Å². The minimum Gasteiger partial charge on any atom is -0.354 e. The van der Waals surface area contributed by atoms with Gasteiger partial charge < -0.3 is 10.2 Å². The second-order valence-corrected chi connectivity index (χ2v) is 8.96. The number of nitrogens with one attached hydrogen (secondary N) is 1. The SMILES string of the molecule is O=S(=O)(c1cccc(C(F)(F)F)c1)N1CCN(c2cc(Nc3ccccn3)ncn2)CC1. The fourth-order valence-electron chi connectivity index (χ4n) is 3.30. The molecule has 0 unspecified atom stereocenters. The molecule has 0 spiro atoms. The van der Waals surface area contributed by atoms with Gasteiger partial charge in [-0.1, -0.05) is 12.1 Å². The lowest BCUT2D eigenvalue weighted by Gasteiger charge is -2.34. The summed E-state index contributed by atoms with van der Waals surface area (Å²) in [6.07, 6.45) is -1.57. The number of sulfonamides is 1. The van der Waals surface area contributed by atoms with E-state index in [4.69, 9.17) is 0 Å². The predicted molar refractivity (Wildman–Crippen MR) is 112 cm³/mol. The Hall–Kier alpha value is -3.25. The van der Waals surface area contributed by atoms with E-state index in [1.54, 1.807) is 24.4 Å². The van der Waals surface area contributed by atoms with Gasteiger partial charge in [-0.15, -0.1) is 0 Å². The zero-order valence-corrected chi connectivity index (χ0v) is 17.5. The van der Waals surface area contributed by atoms with Crippen LogP contribution < -0.4 is 10.2 Å². The first-order chi connectivity index (χ1) is 15.2. The van der Waals surface area contributed by atoms with E-state index in [1.807, 2.05) is 11.0 Å². The summed E-state index contributed by atoms with van der Waals surface area (Å²) < 4.78 is 65.8. The number of rotatable bonds is 5. The molecule has 3 heterocycles. The van der Waals surface area contributed by atoms with Crippen LogP contribution in [0, 0.1) is 0 Å². The van der Waals surface area contributed by atoms with Crippen LogP contribution in [-0.2, 0) is 16.2 Å². The number of aromatic nitrogens is 3. The molecule has 1 N–H and O–H groups in total. The fraction of sp³-hybridized carbons (Fsp3) is 0.250. The fourth-order valence-corrected chi connectivity index (χ4v) is 4.76. The molecule has 0 bridgehead atoms. The first kappa shape index (κ1) is 22.0. The van der Waals surface area contributed by atoms with Crippen molar-refractivity contribution in [2.45, 2.75) is 11.1 Å². The van der Waals surface area contributed by atoms with Gasteiger partial charge in [0.25, 0.3) is 0 Å². The smallest absolute Gasteiger partial charge is 0.354 e. The van der Waals surface area contributed by atoms with Crippen molar-refractivity contribution < 1.29 is 21.6 Å². The van der Waals surface area contributed by atoms with E-state index in [1.165, 1.54) is 16.7 Å². The van der Waals surface area contributed by atoms with E-state index in [0.29, 0.717) is 36.6 Å². The maximum Gasteiger partial charge on any atom is 0.416 e. The third kappa shape index (κ3) is 4.81. The number of pyridine rings is 1. The maximum atomic E-state index is 13.0. The van der Waals surface area contributed by atoms with Crippen molar-refractivity contribution in [1.29, 1.82) is 0 Å². The van der Waals surface area contributed by atoms with Crippen LogP contribution in [0.4, 0.5) is 30.6 Å². The van der Waals surface area contributed by atoms with Crippen molar-refractivity contribution in [3.63, 3.8) is 0 Å². The summed E-state index contributed by atoms with van der Waals surface area (Å²) in [4.78, 5) is 14.1. The summed E-state index contributed by atoms with van der Waals surface area (Å²) >= 11 is 0. The lowest BCUT2D eigenvalue weighted by molar-refractivity contribution is -0.137. The largest absolute Gasteiger partial charge is 0.416 e. The van der Waals surface area contributed by atoms with E-state index in [9.17, 15) is 21.6 Å². The van der Waals surface area contributed by atoms with Crippen molar-refractivity contribution >= 4 is 27.5 Å². The van der Waals surface area contributed by atoms with Crippen molar-refractivity contribution in [1.82, 2.24) is 19.3 Å². The molecule has 1 saturated heterocycles. The average Bonchev–Trinajstić information content (AvgIpc) is 2.79. The molecule has 0 aliphatic carbocycles. The number of anilines is 3. The number of piperazine rings is 1. The first-order valence-electron chi connectivity index (χ1n) is 9.66. The van der Waals surface area contributed by atoms with Crippen molar-refractivity contribution in [2.24, 2.45) is 0 Å². The average molecular weight is 464 g/mol. The molecule has 8 nitrogen and oxygen atoms in total. The highest BCUT2D eigenvalue weighted by Crippen LogP contribution is 2.31. The molecule has 32 heavy (non-hydrogen) atoms. The summed E-state index contributed by atoms with van der Waals surface area (Å²) in [5, 5.41) is 3.07. The van der Waals surface area contributed by atoms with Gasteiger partial charge >= 0.3 is 6.18 Å². The van der Waals surface area contributed by atoms with Crippen LogP contribution in [0.1, 0.15) is 5.56 Å². The minimum absolute atomic E-state index is 0.117. The number of halogens is 3. The molecule has 3 aromatic rings. The van der Waals surface area contributed by atoms with E-state index < -0.39 is 21.8 Å². The van der Waals surface area contributed by atoms with Crippen molar-refractivity contribution in [3.05, 3.63) is 66.6 Å². The van der Waals surface area contributed by atoms with Crippen LogP contribution in [0.3, 0.4) is 0 Å². The Bertz CT molecular complexity index is 1180. The van der Waals surface area contributed by atoms with Gasteiger partial charge in [0.1, 0.15) is 23.8 Å². The van der Waals surface area contributed by atoms with Crippen LogP contribution in [0.5, 0.6) is 0 Å². The lowest BCUT2D eigenvalue weighted by Crippen LogP contribution is -2.49. The Kier molecular flexibility index (Phi) is 5.98. The van der Waals surface area contributed by atoms with Gasteiger partial charge in [0.2, 0.25) is 10.0 Å².